The van der Waals surface area contributed by atoms with Crippen molar-refractivity contribution >= 4 is 5.97 Å². The van der Waals surface area contributed by atoms with E-state index in [0.717, 1.165) is 32.1 Å². The quantitative estimate of drug-likeness (QED) is 0.0516. The number of aliphatic hydroxyl groups is 3. The first-order valence-electron chi connectivity index (χ1n) is 15.9. The van der Waals surface area contributed by atoms with E-state index in [9.17, 15) is 20.1 Å². The zero-order valence-corrected chi connectivity index (χ0v) is 24.5. The zero-order chi connectivity index (χ0) is 27.5. The van der Waals surface area contributed by atoms with Crippen LogP contribution in [0.4, 0.5) is 0 Å². The molecule has 0 fully saturated rings. The average Bonchev–Trinajstić information content (AvgIpc) is 2.86. The highest BCUT2D eigenvalue weighted by Crippen LogP contribution is 2.15. The molecule has 0 aliphatic rings. The summed E-state index contributed by atoms with van der Waals surface area (Å²) in [6, 6.07) is 0. The lowest BCUT2D eigenvalue weighted by molar-refractivity contribution is -0.355. The Bertz CT molecular complexity index is 477. The van der Waals surface area contributed by atoms with Crippen LogP contribution in [0.25, 0.3) is 0 Å². The molecule has 0 saturated carbocycles. The summed E-state index contributed by atoms with van der Waals surface area (Å²) in [5.41, 5.74) is 0. The number of unbranched alkanes of at least 4 members (excludes halogenated alkanes) is 22. The van der Waals surface area contributed by atoms with E-state index in [-0.39, 0.29) is 13.2 Å². The Hall–Kier alpha value is -0.690. The SMILES string of the molecule is CCCCCCCCCCCCCCOC(=O)C(OCCCCCCCCCCCCCC)C(O)(O)O. The fraction of sp³-hybridized carbons (Fsp3) is 0.968. The standard InChI is InChI=1S/C31H62O6/c1-3-5-7-9-11-13-15-17-19-21-23-25-27-36-29(31(33,34)35)30(32)37-28-26-24-22-20-18-16-14-12-10-8-6-4-2/h29,33-35H,3-28H2,1-2H3. The number of hydrogen-bond donors (Lipinski definition) is 3. The summed E-state index contributed by atoms with van der Waals surface area (Å²) in [5.74, 6) is -4.15. The van der Waals surface area contributed by atoms with Gasteiger partial charge in [0.05, 0.1) is 6.61 Å². The smallest absolute Gasteiger partial charge is 0.343 e. The molecule has 0 spiro atoms. The Labute approximate surface area is 228 Å². The monoisotopic (exact) mass is 530 g/mol. The molecule has 0 saturated heterocycles. The fourth-order valence-corrected chi connectivity index (χ4v) is 4.67. The predicted octanol–water partition coefficient (Wildman–Crippen LogP) is 7.95. The van der Waals surface area contributed by atoms with Crippen molar-refractivity contribution < 1.29 is 29.6 Å². The molecule has 222 valence electrons. The highest BCUT2D eigenvalue weighted by atomic mass is 16.7. The summed E-state index contributed by atoms with van der Waals surface area (Å²) in [5, 5.41) is 28.6. The van der Waals surface area contributed by atoms with Gasteiger partial charge in [-0.1, -0.05) is 155 Å². The van der Waals surface area contributed by atoms with Crippen LogP contribution in [0.1, 0.15) is 168 Å². The molecule has 0 aliphatic heterocycles. The maximum Gasteiger partial charge on any atom is 0.343 e. The zero-order valence-electron chi connectivity index (χ0n) is 24.5. The van der Waals surface area contributed by atoms with Gasteiger partial charge in [-0.15, -0.1) is 0 Å². The lowest BCUT2D eigenvalue weighted by atomic mass is 10.1. The van der Waals surface area contributed by atoms with Gasteiger partial charge >= 0.3 is 11.9 Å². The average molecular weight is 531 g/mol. The van der Waals surface area contributed by atoms with Crippen molar-refractivity contribution in [1.29, 1.82) is 0 Å². The van der Waals surface area contributed by atoms with Gasteiger partial charge in [-0.3, -0.25) is 0 Å². The lowest BCUT2D eigenvalue weighted by Crippen LogP contribution is -2.49. The van der Waals surface area contributed by atoms with Crippen LogP contribution in [-0.2, 0) is 14.3 Å². The maximum absolute atomic E-state index is 12.2. The van der Waals surface area contributed by atoms with Crippen LogP contribution in [0.2, 0.25) is 0 Å². The topological polar surface area (TPSA) is 96.2 Å². The summed E-state index contributed by atoms with van der Waals surface area (Å²) >= 11 is 0. The van der Waals surface area contributed by atoms with Gasteiger partial charge in [0.25, 0.3) is 0 Å². The molecule has 1 atom stereocenters. The minimum atomic E-state index is -3.23. The molecule has 0 amide bonds. The van der Waals surface area contributed by atoms with Crippen LogP contribution in [0.5, 0.6) is 0 Å². The number of carbonyl (C=O) groups excluding carboxylic acids is 1. The van der Waals surface area contributed by atoms with Crippen LogP contribution in [0.15, 0.2) is 0 Å². The largest absolute Gasteiger partial charge is 0.464 e. The predicted molar refractivity (Wildman–Crippen MR) is 152 cm³/mol. The highest BCUT2D eigenvalue weighted by molar-refractivity contribution is 5.75. The lowest BCUT2D eigenvalue weighted by Gasteiger charge is -2.24. The molecule has 0 heterocycles. The van der Waals surface area contributed by atoms with Gasteiger partial charge in [-0.2, -0.15) is 0 Å². The molecule has 0 aromatic heterocycles. The summed E-state index contributed by atoms with van der Waals surface area (Å²) < 4.78 is 10.4. The van der Waals surface area contributed by atoms with E-state index >= 15 is 0 Å². The molecule has 3 N–H and O–H groups in total. The molecule has 6 heteroatoms. The Balaban J connectivity index is 3.70. The molecule has 0 bridgehead atoms. The second-order valence-electron chi connectivity index (χ2n) is 10.9. The van der Waals surface area contributed by atoms with Gasteiger partial charge in [-0.05, 0) is 12.8 Å². The van der Waals surface area contributed by atoms with Gasteiger partial charge in [0, 0.05) is 6.61 Å². The molecule has 0 aromatic rings. The first-order valence-corrected chi connectivity index (χ1v) is 15.9. The summed E-state index contributed by atoms with van der Waals surface area (Å²) in [7, 11) is 0. The number of hydrogen-bond acceptors (Lipinski definition) is 6. The number of carbonyl (C=O) groups is 1. The molecule has 6 nitrogen and oxygen atoms in total. The molecule has 37 heavy (non-hydrogen) atoms. The van der Waals surface area contributed by atoms with Crippen LogP contribution < -0.4 is 0 Å². The molecule has 1 unspecified atom stereocenters. The van der Waals surface area contributed by atoms with Crippen molar-refractivity contribution in [2.45, 2.75) is 180 Å². The van der Waals surface area contributed by atoms with E-state index in [1.54, 1.807) is 0 Å². The number of rotatable bonds is 29. The summed E-state index contributed by atoms with van der Waals surface area (Å²) in [6.07, 6.45) is 27.3. The van der Waals surface area contributed by atoms with Gasteiger partial charge < -0.3 is 24.8 Å². The van der Waals surface area contributed by atoms with Crippen molar-refractivity contribution in [3.63, 3.8) is 0 Å². The van der Waals surface area contributed by atoms with E-state index in [4.69, 9.17) is 9.47 Å². The van der Waals surface area contributed by atoms with Gasteiger partial charge in [0.1, 0.15) is 0 Å². The van der Waals surface area contributed by atoms with Crippen molar-refractivity contribution in [2.75, 3.05) is 13.2 Å². The van der Waals surface area contributed by atoms with E-state index < -0.39 is 18.0 Å². The van der Waals surface area contributed by atoms with Crippen molar-refractivity contribution in [2.24, 2.45) is 0 Å². The van der Waals surface area contributed by atoms with Gasteiger partial charge in [0.2, 0.25) is 6.10 Å². The first kappa shape index (κ1) is 36.3. The molecule has 0 rings (SSSR count). The van der Waals surface area contributed by atoms with Crippen LogP contribution in [-0.4, -0.2) is 46.6 Å². The minimum Gasteiger partial charge on any atom is -0.464 e. The van der Waals surface area contributed by atoms with Crippen LogP contribution in [0, 0.1) is 0 Å². The van der Waals surface area contributed by atoms with E-state index in [1.807, 2.05) is 0 Å². The van der Waals surface area contributed by atoms with Crippen LogP contribution in [0.3, 0.4) is 0 Å². The molecular weight excluding hydrogens is 468 g/mol. The summed E-state index contributed by atoms with van der Waals surface area (Å²) in [6.45, 7) is 4.86. The van der Waals surface area contributed by atoms with E-state index in [2.05, 4.69) is 13.8 Å². The third kappa shape index (κ3) is 25.4. The Morgan fingerprint density at radius 1 is 0.514 bits per heavy atom. The second-order valence-corrected chi connectivity index (χ2v) is 10.9. The highest BCUT2D eigenvalue weighted by Gasteiger charge is 2.40. The first-order chi connectivity index (χ1) is 17.9. The number of esters is 1. The second kappa shape index (κ2) is 26.9. The molecule has 0 aliphatic carbocycles. The van der Waals surface area contributed by atoms with Crippen molar-refractivity contribution in [1.82, 2.24) is 0 Å². The van der Waals surface area contributed by atoms with Gasteiger partial charge in [-0.25, -0.2) is 4.79 Å². The maximum atomic E-state index is 12.2. The number of ether oxygens (including phenoxy) is 2. The van der Waals surface area contributed by atoms with E-state index in [1.165, 1.54) is 116 Å². The minimum absolute atomic E-state index is 0.180. The molecule has 0 radical (unpaired) electrons. The Morgan fingerprint density at radius 3 is 1.14 bits per heavy atom. The summed E-state index contributed by atoms with van der Waals surface area (Å²) in [4.78, 5) is 12.2. The van der Waals surface area contributed by atoms with Crippen molar-refractivity contribution in [3.8, 4) is 0 Å². The van der Waals surface area contributed by atoms with Crippen LogP contribution >= 0.6 is 0 Å². The van der Waals surface area contributed by atoms with E-state index in [0.29, 0.717) is 6.42 Å². The Morgan fingerprint density at radius 2 is 0.811 bits per heavy atom. The molecular formula is C31H62O6. The third-order valence-corrected chi connectivity index (χ3v) is 7.09. The molecule has 0 aromatic carbocycles. The third-order valence-electron chi connectivity index (χ3n) is 7.09. The Kier molecular flexibility index (Phi) is 26.4. The normalized spacial score (nSPS) is 12.7. The fourth-order valence-electron chi connectivity index (χ4n) is 4.67. The van der Waals surface area contributed by atoms with Gasteiger partial charge in [0.15, 0.2) is 0 Å². The van der Waals surface area contributed by atoms with Crippen molar-refractivity contribution in [3.05, 3.63) is 0 Å².